The number of fused-ring (bicyclic) bond motifs is 1. The summed E-state index contributed by atoms with van der Waals surface area (Å²) >= 11 is 1.14. The summed E-state index contributed by atoms with van der Waals surface area (Å²) in [5.41, 5.74) is 2.71. The van der Waals surface area contributed by atoms with Crippen LogP contribution in [0.2, 0.25) is 25.7 Å². The number of carboxylic acid groups (broad SMARTS) is 1. The third-order valence-corrected chi connectivity index (χ3v) is 7.91. The lowest BCUT2D eigenvalue weighted by Gasteiger charge is -2.15. The van der Waals surface area contributed by atoms with E-state index in [2.05, 4.69) is 34.0 Å². The highest BCUT2D eigenvalue weighted by atomic mass is 32.1. The Morgan fingerprint density at radius 1 is 1.23 bits per heavy atom. The molecule has 0 aliphatic rings. The van der Waals surface area contributed by atoms with E-state index in [9.17, 15) is 9.90 Å². The zero-order chi connectivity index (χ0) is 25.2. The molecule has 9 nitrogen and oxygen atoms in total. The average Bonchev–Trinajstić information content (AvgIpc) is 3.46. The lowest BCUT2D eigenvalue weighted by Crippen LogP contribution is -2.22. The zero-order valence-corrected chi connectivity index (χ0v) is 21.9. The van der Waals surface area contributed by atoms with Crippen molar-refractivity contribution in [1.82, 2.24) is 23.9 Å². The second-order valence-corrected chi connectivity index (χ2v) is 15.7. The van der Waals surface area contributed by atoms with Gasteiger partial charge in [-0.05, 0) is 23.6 Å². The fraction of sp³-hybridized carbons (Fsp3) is 0.333. The molecule has 4 rings (SSSR count). The minimum absolute atomic E-state index is 0.118. The summed E-state index contributed by atoms with van der Waals surface area (Å²) < 4.78 is 11.7. The summed E-state index contributed by atoms with van der Waals surface area (Å²) in [6.07, 6.45) is 2.17. The van der Waals surface area contributed by atoms with Gasteiger partial charge in [-0.3, -0.25) is 0 Å². The van der Waals surface area contributed by atoms with Gasteiger partial charge in [-0.2, -0.15) is 9.64 Å². The van der Waals surface area contributed by atoms with Crippen LogP contribution in [0.5, 0.6) is 0 Å². The van der Waals surface area contributed by atoms with Gasteiger partial charge >= 0.3 is 5.97 Å². The Morgan fingerprint density at radius 3 is 2.66 bits per heavy atom. The van der Waals surface area contributed by atoms with Crippen molar-refractivity contribution < 1.29 is 14.6 Å². The van der Waals surface area contributed by atoms with E-state index in [0.29, 0.717) is 40.6 Å². The molecule has 180 valence electrons. The molecule has 0 saturated carbocycles. The van der Waals surface area contributed by atoms with Gasteiger partial charge in [0.15, 0.2) is 0 Å². The van der Waals surface area contributed by atoms with Crippen LogP contribution in [-0.2, 0) is 17.9 Å². The minimum atomic E-state index is -1.24. The molecule has 0 atom stereocenters. The summed E-state index contributed by atoms with van der Waals surface area (Å²) in [6.45, 7) is 9.65. The SMILES string of the molecule is CCc1nc(-c2cccc(-c3nc(C#N)ns3)c2)c2c(C(=O)O)cn(COCC[Si](C)(C)C)c2n1. The molecular formula is C24H26N6O3SSi. The number of rotatable bonds is 9. The van der Waals surface area contributed by atoms with Crippen LogP contribution < -0.4 is 0 Å². The fourth-order valence-electron chi connectivity index (χ4n) is 3.59. The maximum absolute atomic E-state index is 12.2. The first-order valence-corrected chi connectivity index (χ1v) is 15.7. The standard InChI is InChI=1S/C24H26N6O3SSi/c1-5-18-26-21(15-7-6-8-16(11-15)23-28-19(12-25)29-34-23)20-17(24(31)32)13-30(22(20)27-18)14-33-9-10-35(2,3)4/h6-8,11,13H,5,9-10,14H2,1-4H3,(H,31,32). The van der Waals surface area contributed by atoms with Gasteiger partial charge in [0, 0.05) is 38.4 Å². The first-order valence-electron chi connectivity index (χ1n) is 11.3. The van der Waals surface area contributed by atoms with Crippen molar-refractivity contribution >= 4 is 36.6 Å². The Balaban J connectivity index is 1.81. The number of nitriles is 1. The van der Waals surface area contributed by atoms with Crippen LogP contribution in [0, 0.1) is 11.3 Å². The lowest BCUT2D eigenvalue weighted by molar-refractivity contribution is 0.0696. The molecule has 0 spiro atoms. The Kier molecular flexibility index (Phi) is 7.07. The highest BCUT2D eigenvalue weighted by molar-refractivity contribution is 7.09. The van der Waals surface area contributed by atoms with Gasteiger partial charge in [-0.1, -0.05) is 44.8 Å². The highest BCUT2D eigenvalue weighted by Crippen LogP contribution is 2.33. The molecule has 11 heteroatoms. The van der Waals surface area contributed by atoms with Crippen LogP contribution >= 0.6 is 11.5 Å². The van der Waals surface area contributed by atoms with Crippen molar-refractivity contribution in [2.24, 2.45) is 0 Å². The zero-order valence-electron chi connectivity index (χ0n) is 20.1. The number of aryl methyl sites for hydroxylation is 1. The molecule has 3 aromatic heterocycles. The molecule has 35 heavy (non-hydrogen) atoms. The Labute approximate surface area is 208 Å². The molecule has 1 N–H and O–H groups in total. The maximum atomic E-state index is 12.2. The number of benzene rings is 1. The molecule has 0 aliphatic heterocycles. The predicted molar refractivity (Wildman–Crippen MR) is 137 cm³/mol. The van der Waals surface area contributed by atoms with Crippen molar-refractivity contribution in [2.75, 3.05) is 6.61 Å². The van der Waals surface area contributed by atoms with Crippen LogP contribution in [-0.4, -0.2) is 49.6 Å². The van der Waals surface area contributed by atoms with Gasteiger partial charge in [0.1, 0.15) is 29.3 Å². The largest absolute Gasteiger partial charge is 0.478 e. The third-order valence-electron chi connectivity index (χ3n) is 5.44. The molecular weight excluding hydrogens is 480 g/mol. The van der Waals surface area contributed by atoms with E-state index in [0.717, 1.165) is 28.7 Å². The average molecular weight is 507 g/mol. The van der Waals surface area contributed by atoms with E-state index in [4.69, 9.17) is 15.0 Å². The molecule has 0 saturated heterocycles. The van der Waals surface area contributed by atoms with Crippen molar-refractivity contribution in [2.45, 2.75) is 45.8 Å². The molecule has 0 radical (unpaired) electrons. The summed E-state index contributed by atoms with van der Waals surface area (Å²) in [5.74, 6) is -0.324. The quantitative estimate of drug-likeness (QED) is 0.246. The number of hydrogen-bond donors (Lipinski definition) is 1. The Bertz CT molecular complexity index is 1430. The molecule has 1 aromatic carbocycles. The normalized spacial score (nSPS) is 11.6. The minimum Gasteiger partial charge on any atom is -0.478 e. The van der Waals surface area contributed by atoms with Gasteiger partial charge in [0.25, 0.3) is 0 Å². The molecule has 0 unspecified atom stereocenters. The van der Waals surface area contributed by atoms with E-state index in [1.54, 1.807) is 10.8 Å². The van der Waals surface area contributed by atoms with E-state index in [1.165, 1.54) is 0 Å². The van der Waals surface area contributed by atoms with Gasteiger partial charge in [-0.15, -0.1) is 0 Å². The second kappa shape index (κ2) is 10.0. The summed E-state index contributed by atoms with van der Waals surface area (Å²) in [4.78, 5) is 25.8. The third kappa shape index (κ3) is 5.45. The van der Waals surface area contributed by atoms with E-state index in [1.807, 2.05) is 37.3 Å². The molecule has 0 bridgehead atoms. The highest BCUT2D eigenvalue weighted by Gasteiger charge is 2.22. The second-order valence-electron chi connectivity index (χ2n) is 9.32. The predicted octanol–water partition coefficient (Wildman–Crippen LogP) is 5.06. The molecule has 4 aromatic rings. The summed E-state index contributed by atoms with van der Waals surface area (Å²) in [7, 11) is -1.24. The van der Waals surface area contributed by atoms with Crippen LogP contribution in [0.25, 0.3) is 32.9 Å². The lowest BCUT2D eigenvalue weighted by atomic mass is 10.0. The smallest absolute Gasteiger partial charge is 0.338 e. The van der Waals surface area contributed by atoms with Crippen molar-refractivity contribution in [1.29, 1.82) is 5.26 Å². The maximum Gasteiger partial charge on any atom is 0.338 e. The Hall–Kier alpha value is -3.46. The molecule has 0 aliphatic carbocycles. The van der Waals surface area contributed by atoms with Gasteiger partial charge in [-0.25, -0.2) is 19.7 Å². The van der Waals surface area contributed by atoms with Crippen molar-refractivity contribution in [3.05, 3.63) is 47.7 Å². The van der Waals surface area contributed by atoms with Crippen LogP contribution in [0.15, 0.2) is 30.5 Å². The number of nitrogens with zero attached hydrogens (tertiary/aromatic N) is 6. The fourth-order valence-corrected chi connectivity index (χ4v) is 4.96. The number of ether oxygens (including phenoxy) is 1. The molecule has 3 heterocycles. The first-order chi connectivity index (χ1) is 16.7. The van der Waals surface area contributed by atoms with Gasteiger partial charge in [0.2, 0.25) is 5.82 Å². The van der Waals surface area contributed by atoms with Crippen molar-refractivity contribution in [3.8, 4) is 27.9 Å². The summed E-state index contributed by atoms with van der Waals surface area (Å²) in [5, 5.41) is 20.1. The van der Waals surface area contributed by atoms with Crippen molar-refractivity contribution in [3.63, 3.8) is 0 Å². The van der Waals surface area contributed by atoms with E-state index in [-0.39, 0.29) is 18.1 Å². The number of carbonyl (C=O) groups is 1. The van der Waals surface area contributed by atoms with Crippen LogP contribution in [0.1, 0.15) is 28.9 Å². The monoisotopic (exact) mass is 506 g/mol. The summed E-state index contributed by atoms with van der Waals surface area (Å²) in [6, 6.07) is 10.5. The van der Waals surface area contributed by atoms with Crippen LogP contribution in [0.3, 0.4) is 0 Å². The molecule has 0 fully saturated rings. The topological polar surface area (TPSA) is 127 Å². The Morgan fingerprint density at radius 2 is 2.00 bits per heavy atom. The van der Waals surface area contributed by atoms with E-state index < -0.39 is 14.0 Å². The van der Waals surface area contributed by atoms with Gasteiger partial charge in [0.05, 0.1) is 16.6 Å². The van der Waals surface area contributed by atoms with E-state index >= 15 is 0 Å². The first kappa shape index (κ1) is 24.7. The molecule has 0 amide bonds. The number of carboxylic acids is 1. The number of aromatic carboxylic acids is 1. The number of hydrogen-bond acceptors (Lipinski definition) is 8. The number of aromatic nitrogens is 5. The van der Waals surface area contributed by atoms with Gasteiger partial charge < -0.3 is 14.4 Å². The van der Waals surface area contributed by atoms with Crippen LogP contribution in [0.4, 0.5) is 0 Å².